The fourth-order valence-corrected chi connectivity index (χ4v) is 2.70. The maximum Gasteiger partial charge on any atom is 0.221 e. The average molecular weight is 303 g/mol. The summed E-state index contributed by atoms with van der Waals surface area (Å²) in [7, 11) is 0. The van der Waals surface area contributed by atoms with Crippen molar-refractivity contribution in [2.45, 2.75) is 24.8 Å². The summed E-state index contributed by atoms with van der Waals surface area (Å²) in [4.78, 5) is 12.3. The van der Waals surface area contributed by atoms with Gasteiger partial charge in [0.1, 0.15) is 5.82 Å². The number of hydrogen-bond acceptors (Lipinski definition) is 2. The van der Waals surface area contributed by atoms with Crippen molar-refractivity contribution in [1.29, 1.82) is 0 Å². The molecule has 0 saturated carbocycles. The molecule has 0 bridgehead atoms. The van der Waals surface area contributed by atoms with Gasteiger partial charge in [0.25, 0.3) is 0 Å². The van der Waals surface area contributed by atoms with Crippen LogP contribution in [0.5, 0.6) is 0 Å². The van der Waals surface area contributed by atoms with Crippen LogP contribution in [0.3, 0.4) is 0 Å². The summed E-state index contributed by atoms with van der Waals surface area (Å²) in [5.41, 5.74) is 2.28. The van der Waals surface area contributed by atoms with Crippen LogP contribution in [0.1, 0.15) is 17.5 Å². The Morgan fingerprint density at radius 3 is 2.57 bits per heavy atom. The van der Waals surface area contributed by atoms with Gasteiger partial charge in [0, 0.05) is 23.6 Å². The minimum Gasteiger partial charge on any atom is -0.352 e. The Hall–Kier alpha value is -1.81. The zero-order valence-electron chi connectivity index (χ0n) is 11.9. The van der Waals surface area contributed by atoms with Crippen LogP contribution < -0.4 is 5.32 Å². The van der Waals surface area contributed by atoms with E-state index in [1.807, 2.05) is 31.2 Å². The van der Waals surface area contributed by atoms with E-state index in [1.54, 1.807) is 18.2 Å². The van der Waals surface area contributed by atoms with Gasteiger partial charge in [-0.3, -0.25) is 4.79 Å². The first-order chi connectivity index (χ1) is 10.1. The monoisotopic (exact) mass is 303 g/mol. The molecule has 2 rings (SSSR count). The predicted octanol–water partition coefficient (Wildman–Crippen LogP) is 3.93. The third-order valence-corrected chi connectivity index (χ3v) is 4.08. The molecule has 0 aliphatic rings. The number of benzene rings is 2. The number of amides is 1. The number of halogens is 1. The summed E-state index contributed by atoms with van der Waals surface area (Å²) in [6.07, 6.45) is 0.380. The zero-order chi connectivity index (χ0) is 15.1. The van der Waals surface area contributed by atoms with Gasteiger partial charge in [-0.1, -0.05) is 42.0 Å². The number of carbonyl (C=O) groups is 1. The molecule has 2 aromatic carbocycles. The van der Waals surface area contributed by atoms with Crippen LogP contribution in [0.25, 0.3) is 0 Å². The van der Waals surface area contributed by atoms with Crippen molar-refractivity contribution in [2.24, 2.45) is 0 Å². The molecule has 0 heterocycles. The van der Waals surface area contributed by atoms with Crippen LogP contribution in [-0.2, 0) is 11.3 Å². The van der Waals surface area contributed by atoms with Crippen LogP contribution in [0.2, 0.25) is 0 Å². The SMILES string of the molecule is Cc1ccc(CNC(=O)CCSc2ccccc2F)cc1. The van der Waals surface area contributed by atoms with Gasteiger partial charge in [-0.25, -0.2) is 4.39 Å². The van der Waals surface area contributed by atoms with Crippen molar-refractivity contribution < 1.29 is 9.18 Å². The number of nitrogens with one attached hydrogen (secondary N) is 1. The van der Waals surface area contributed by atoms with E-state index in [9.17, 15) is 9.18 Å². The molecule has 1 amide bonds. The van der Waals surface area contributed by atoms with Crippen LogP contribution in [0.15, 0.2) is 53.4 Å². The molecule has 0 spiro atoms. The van der Waals surface area contributed by atoms with E-state index in [2.05, 4.69) is 5.32 Å². The molecule has 2 nitrogen and oxygen atoms in total. The minimum absolute atomic E-state index is 0.0144. The standard InChI is InChI=1S/C17H18FNOS/c1-13-6-8-14(9-7-13)12-19-17(20)10-11-21-16-5-3-2-4-15(16)18/h2-9H,10-12H2,1H3,(H,19,20). The second-order valence-corrected chi connectivity index (χ2v) is 5.93. The molecular formula is C17H18FNOS. The molecule has 0 atom stereocenters. The van der Waals surface area contributed by atoms with Gasteiger partial charge in [0.05, 0.1) is 0 Å². The lowest BCUT2D eigenvalue weighted by atomic mass is 10.1. The second kappa shape index (κ2) is 7.84. The van der Waals surface area contributed by atoms with Gasteiger partial charge < -0.3 is 5.32 Å². The van der Waals surface area contributed by atoms with Crippen molar-refractivity contribution in [3.8, 4) is 0 Å². The van der Waals surface area contributed by atoms with E-state index < -0.39 is 0 Å². The molecule has 0 radical (unpaired) electrons. The highest BCUT2D eigenvalue weighted by atomic mass is 32.2. The lowest BCUT2D eigenvalue weighted by Gasteiger charge is -2.06. The first-order valence-electron chi connectivity index (χ1n) is 6.85. The van der Waals surface area contributed by atoms with Crippen molar-refractivity contribution in [3.05, 3.63) is 65.5 Å². The van der Waals surface area contributed by atoms with Crippen molar-refractivity contribution in [2.75, 3.05) is 5.75 Å². The van der Waals surface area contributed by atoms with Gasteiger partial charge in [-0.05, 0) is 24.6 Å². The number of rotatable bonds is 6. The average Bonchev–Trinajstić information content (AvgIpc) is 2.49. The maximum absolute atomic E-state index is 13.4. The highest BCUT2D eigenvalue weighted by Gasteiger charge is 2.04. The van der Waals surface area contributed by atoms with Crippen LogP contribution in [0, 0.1) is 12.7 Å². The Bertz CT molecular complexity index is 598. The molecule has 0 saturated heterocycles. The molecule has 0 aliphatic carbocycles. The number of aryl methyl sites for hydroxylation is 1. The summed E-state index contributed by atoms with van der Waals surface area (Å²) in [5, 5.41) is 2.87. The Balaban J connectivity index is 1.70. The summed E-state index contributed by atoms with van der Waals surface area (Å²) >= 11 is 1.36. The lowest BCUT2D eigenvalue weighted by Crippen LogP contribution is -2.22. The topological polar surface area (TPSA) is 29.1 Å². The Morgan fingerprint density at radius 2 is 1.86 bits per heavy atom. The van der Waals surface area contributed by atoms with Gasteiger partial charge in [0.15, 0.2) is 0 Å². The molecule has 21 heavy (non-hydrogen) atoms. The van der Waals surface area contributed by atoms with E-state index in [-0.39, 0.29) is 11.7 Å². The van der Waals surface area contributed by atoms with Crippen molar-refractivity contribution in [1.82, 2.24) is 5.32 Å². The lowest BCUT2D eigenvalue weighted by molar-refractivity contribution is -0.120. The van der Waals surface area contributed by atoms with Gasteiger partial charge >= 0.3 is 0 Å². The Kier molecular flexibility index (Phi) is 5.81. The largest absolute Gasteiger partial charge is 0.352 e. The second-order valence-electron chi connectivity index (χ2n) is 4.79. The smallest absolute Gasteiger partial charge is 0.221 e. The fourth-order valence-electron chi connectivity index (χ4n) is 1.81. The van der Waals surface area contributed by atoms with E-state index in [4.69, 9.17) is 0 Å². The third-order valence-electron chi connectivity index (χ3n) is 3.03. The molecule has 1 N–H and O–H groups in total. The molecule has 0 unspecified atom stereocenters. The summed E-state index contributed by atoms with van der Waals surface area (Å²) < 4.78 is 13.4. The van der Waals surface area contributed by atoms with E-state index in [0.29, 0.717) is 23.6 Å². The van der Waals surface area contributed by atoms with E-state index >= 15 is 0 Å². The molecule has 0 aliphatic heterocycles. The molecule has 0 fully saturated rings. The van der Waals surface area contributed by atoms with Crippen LogP contribution >= 0.6 is 11.8 Å². The molecular weight excluding hydrogens is 285 g/mol. The zero-order valence-corrected chi connectivity index (χ0v) is 12.8. The Morgan fingerprint density at radius 1 is 1.14 bits per heavy atom. The highest BCUT2D eigenvalue weighted by Crippen LogP contribution is 2.21. The first-order valence-corrected chi connectivity index (χ1v) is 7.83. The van der Waals surface area contributed by atoms with Crippen LogP contribution in [0.4, 0.5) is 4.39 Å². The summed E-state index contributed by atoms with van der Waals surface area (Å²) in [5.74, 6) is 0.322. The molecule has 0 aromatic heterocycles. The van der Waals surface area contributed by atoms with Crippen molar-refractivity contribution >= 4 is 17.7 Å². The number of carbonyl (C=O) groups excluding carboxylic acids is 1. The van der Waals surface area contributed by atoms with Gasteiger partial charge in [-0.15, -0.1) is 11.8 Å². The maximum atomic E-state index is 13.4. The highest BCUT2D eigenvalue weighted by molar-refractivity contribution is 7.99. The minimum atomic E-state index is -0.234. The van der Waals surface area contributed by atoms with Crippen LogP contribution in [-0.4, -0.2) is 11.7 Å². The normalized spacial score (nSPS) is 10.4. The Labute approximate surface area is 128 Å². The van der Waals surface area contributed by atoms with E-state index in [0.717, 1.165) is 5.56 Å². The molecule has 2 aromatic rings. The quantitative estimate of drug-likeness (QED) is 0.819. The van der Waals surface area contributed by atoms with E-state index in [1.165, 1.54) is 23.4 Å². The number of thioether (sulfide) groups is 1. The summed E-state index contributed by atoms with van der Waals surface area (Å²) in [6.45, 7) is 2.56. The van der Waals surface area contributed by atoms with Gasteiger partial charge in [0.2, 0.25) is 5.91 Å². The molecule has 110 valence electrons. The predicted molar refractivity (Wildman–Crippen MR) is 84.8 cm³/mol. The first kappa shape index (κ1) is 15.6. The number of hydrogen-bond donors (Lipinski definition) is 1. The summed E-state index contributed by atoms with van der Waals surface area (Å²) in [6, 6.07) is 14.7. The van der Waals surface area contributed by atoms with Gasteiger partial charge in [-0.2, -0.15) is 0 Å². The van der Waals surface area contributed by atoms with Crippen molar-refractivity contribution in [3.63, 3.8) is 0 Å². The molecule has 4 heteroatoms. The third kappa shape index (κ3) is 5.23. The fraction of sp³-hybridized carbons (Fsp3) is 0.235.